The van der Waals surface area contributed by atoms with Crippen molar-refractivity contribution in [2.45, 2.75) is 121 Å². The van der Waals surface area contributed by atoms with Crippen LogP contribution in [0.2, 0.25) is 0 Å². The largest absolute Gasteiger partial charge is 0.494 e. The summed E-state index contributed by atoms with van der Waals surface area (Å²) in [7, 11) is -7.07. The summed E-state index contributed by atoms with van der Waals surface area (Å²) in [6.45, 7) is 7.90. The Labute approximate surface area is 439 Å². The van der Waals surface area contributed by atoms with Crippen LogP contribution < -0.4 is 30.7 Å². The Morgan fingerprint density at radius 1 is 0.653 bits per heavy atom. The zero-order chi connectivity index (χ0) is 52.4. The van der Waals surface area contributed by atoms with Gasteiger partial charge in [0.15, 0.2) is 19.7 Å². The number of anilines is 2. The van der Waals surface area contributed by atoms with Gasteiger partial charge in [0.1, 0.15) is 45.8 Å². The lowest BCUT2D eigenvalue weighted by Crippen LogP contribution is -2.53. The molecule has 2 saturated carbocycles. The number of hydrogen-bond donors (Lipinski definition) is 4. The number of fused-ring (bicyclic) bond motifs is 6. The van der Waals surface area contributed by atoms with E-state index in [0.717, 1.165) is 99.3 Å². The van der Waals surface area contributed by atoms with E-state index in [2.05, 4.69) is 35.1 Å². The molecule has 75 heavy (non-hydrogen) atoms. The van der Waals surface area contributed by atoms with Gasteiger partial charge < -0.3 is 40.2 Å². The van der Waals surface area contributed by atoms with Gasteiger partial charge in [0, 0.05) is 25.6 Å². The molecule has 10 rings (SSSR count). The Hall–Kier alpha value is -5.84. The Bertz CT molecular complexity index is 2770. The van der Waals surface area contributed by atoms with Crippen LogP contribution in [-0.2, 0) is 62.9 Å². The highest BCUT2D eigenvalue weighted by Gasteiger charge is 2.56. The molecule has 2 aliphatic carbocycles. The highest BCUT2D eigenvalue weighted by molar-refractivity contribution is 7.91. The number of nitrogens with one attached hydrogen (secondary N) is 4. The molecule has 0 unspecified atom stereocenters. The van der Waals surface area contributed by atoms with Crippen LogP contribution >= 0.6 is 0 Å². The molecule has 22 heteroatoms. The van der Waals surface area contributed by atoms with Crippen molar-refractivity contribution in [3.8, 4) is 11.5 Å². The molecule has 0 radical (unpaired) electrons. The molecule has 2 aromatic heterocycles. The standard InChI is InChI=1S/2C26H34N4O6S.CH4/c2*1-3-4-13-36-19-9-7-18(8-10-19)26-16-35-14-20(26)23-22(25(32)28-26)24(27-21(31)15-37(2,33)34)30(29-23)12-11-17-5-6-17;/h2*7-10,17,20H,3-6,11-16H2,1-2H3,(H,27,31)(H,28,32);1H4/t2*20-,26+;/m10./s1. The van der Waals surface area contributed by atoms with Crippen molar-refractivity contribution in [3.05, 3.63) is 82.2 Å². The number of unbranched alkanes of at least 4 members (excludes halogenated alkanes) is 2. The number of aryl methyl sites for hydroxylation is 2. The van der Waals surface area contributed by atoms with Crippen molar-refractivity contribution in [2.75, 3.05) is 74.3 Å². The van der Waals surface area contributed by atoms with Crippen LogP contribution in [0.1, 0.15) is 141 Å². The maximum absolute atomic E-state index is 13.6. The lowest BCUT2D eigenvalue weighted by molar-refractivity contribution is -0.114. The second-order valence-electron chi connectivity index (χ2n) is 20.8. The first kappa shape index (κ1) is 55.4. The molecule has 4 fully saturated rings. The molecule has 4 aromatic rings. The van der Waals surface area contributed by atoms with Crippen LogP contribution in [0.5, 0.6) is 11.5 Å². The van der Waals surface area contributed by atoms with Crippen LogP contribution in [0.25, 0.3) is 0 Å². The minimum absolute atomic E-state index is 0. The molecular weight excluding hydrogens is 1000 g/mol. The maximum atomic E-state index is 13.6. The lowest BCUT2D eigenvalue weighted by Gasteiger charge is -2.38. The topological polar surface area (TPSA) is 257 Å². The van der Waals surface area contributed by atoms with Gasteiger partial charge in [-0.3, -0.25) is 19.2 Å². The highest BCUT2D eigenvalue weighted by atomic mass is 32.2. The molecule has 4 N–H and O–H groups in total. The summed E-state index contributed by atoms with van der Waals surface area (Å²) in [6, 6.07) is 15.4. The minimum Gasteiger partial charge on any atom is -0.494 e. The first-order chi connectivity index (χ1) is 35.4. The van der Waals surface area contributed by atoms with Crippen LogP contribution in [0.4, 0.5) is 11.6 Å². The first-order valence-corrected chi connectivity index (χ1v) is 30.0. The summed E-state index contributed by atoms with van der Waals surface area (Å²) < 4.78 is 73.5. The summed E-state index contributed by atoms with van der Waals surface area (Å²) in [5, 5.41) is 21.3. The number of carbonyl (C=O) groups is 4. The third kappa shape index (κ3) is 12.6. The third-order valence-corrected chi connectivity index (χ3v) is 16.2. The molecule has 2 aromatic carbocycles. The second kappa shape index (κ2) is 22.8. The number of sulfone groups is 2. The van der Waals surface area contributed by atoms with Gasteiger partial charge in [0.25, 0.3) is 11.8 Å². The van der Waals surface area contributed by atoms with E-state index >= 15 is 0 Å². The smallest absolute Gasteiger partial charge is 0.257 e. The zero-order valence-electron chi connectivity index (χ0n) is 42.6. The molecule has 4 aliphatic heterocycles. The Balaban J connectivity index is 0.000000197. The summed E-state index contributed by atoms with van der Waals surface area (Å²) in [4.78, 5) is 52.3. The molecule has 6 heterocycles. The van der Waals surface area contributed by atoms with Crippen molar-refractivity contribution in [1.82, 2.24) is 30.2 Å². The Morgan fingerprint density at radius 3 is 1.36 bits per heavy atom. The molecule has 0 bridgehead atoms. The fourth-order valence-corrected chi connectivity index (χ4v) is 11.4. The van der Waals surface area contributed by atoms with Gasteiger partial charge in [-0.25, -0.2) is 26.2 Å². The van der Waals surface area contributed by atoms with Crippen molar-refractivity contribution in [3.63, 3.8) is 0 Å². The molecule has 2 saturated heterocycles. The number of amides is 4. The number of nitrogens with zero attached hydrogens (tertiary/aromatic N) is 4. The van der Waals surface area contributed by atoms with Crippen LogP contribution in [-0.4, -0.2) is 124 Å². The number of aromatic nitrogens is 4. The lowest BCUT2D eigenvalue weighted by atomic mass is 9.75. The molecule has 20 nitrogen and oxygen atoms in total. The van der Waals surface area contributed by atoms with Gasteiger partial charge in [-0.15, -0.1) is 0 Å². The van der Waals surface area contributed by atoms with E-state index in [1.807, 2.05) is 48.5 Å². The summed E-state index contributed by atoms with van der Waals surface area (Å²) >= 11 is 0. The summed E-state index contributed by atoms with van der Waals surface area (Å²) in [5.41, 5.74) is 1.89. The fourth-order valence-electron chi connectivity index (χ4n) is 10.4. The molecule has 0 spiro atoms. The number of carbonyl (C=O) groups excluding carboxylic acids is 4. The molecule has 408 valence electrons. The van der Waals surface area contributed by atoms with Crippen LogP contribution in [0.15, 0.2) is 48.5 Å². The molecular formula is C53H72N8O12S2. The summed E-state index contributed by atoms with van der Waals surface area (Å²) in [5.74, 6) is -0.709. The van der Waals surface area contributed by atoms with E-state index in [1.165, 1.54) is 0 Å². The normalized spacial score (nSPS) is 22.5. The number of ether oxygens (including phenoxy) is 4. The Morgan fingerprint density at radius 2 is 1.03 bits per heavy atom. The number of rotatable bonds is 22. The van der Waals surface area contributed by atoms with Crippen molar-refractivity contribution >= 4 is 54.9 Å². The van der Waals surface area contributed by atoms with Gasteiger partial charge in [-0.1, -0.05) is 84.1 Å². The average molecular weight is 1080 g/mol. The van der Waals surface area contributed by atoms with Crippen LogP contribution in [0.3, 0.4) is 0 Å². The quantitative estimate of drug-likeness (QED) is 0.0676. The highest BCUT2D eigenvalue weighted by Crippen LogP contribution is 2.49. The predicted octanol–water partition coefficient (Wildman–Crippen LogP) is 5.83. The predicted molar refractivity (Wildman–Crippen MR) is 282 cm³/mol. The van der Waals surface area contributed by atoms with E-state index in [-0.39, 0.29) is 53.8 Å². The second-order valence-corrected chi connectivity index (χ2v) is 25.1. The van der Waals surface area contributed by atoms with Gasteiger partial charge in [-0.05, 0) is 72.9 Å². The van der Waals surface area contributed by atoms with Gasteiger partial charge in [-0.2, -0.15) is 10.2 Å². The summed E-state index contributed by atoms with van der Waals surface area (Å²) in [6.07, 6.45) is 12.5. The molecule has 6 aliphatic rings. The van der Waals surface area contributed by atoms with Crippen molar-refractivity contribution < 1.29 is 55.0 Å². The monoisotopic (exact) mass is 1080 g/mol. The number of benzene rings is 2. The molecule has 4 amide bonds. The van der Waals surface area contributed by atoms with Crippen molar-refractivity contribution in [1.29, 1.82) is 0 Å². The SMILES string of the molecule is C.CCCCOc1ccc([C@@]23COC[C@@H]2c2nn(CCC4CC4)c(NC(=O)CS(C)(=O)=O)c2C(=O)N3)cc1.CCCCOc1ccc([C@]23COC[C@H]2c2nn(CCC4CC4)c(NC(=O)CS(C)(=O)=O)c2C(=O)N3)cc1. The molecule has 4 atom stereocenters. The van der Waals surface area contributed by atoms with E-state index in [0.29, 0.717) is 76.0 Å². The van der Waals surface area contributed by atoms with Crippen LogP contribution in [0, 0.1) is 11.8 Å². The van der Waals surface area contributed by atoms with Crippen molar-refractivity contribution in [2.24, 2.45) is 11.8 Å². The number of hydrogen-bond acceptors (Lipinski definition) is 14. The third-order valence-electron chi connectivity index (χ3n) is 14.6. The zero-order valence-corrected chi connectivity index (χ0v) is 44.2. The van der Waals surface area contributed by atoms with Gasteiger partial charge >= 0.3 is 0 Å². The van der Waals surface area contributed by atoms with Gasteiger partial charge in [0.2, 0.25) is 11.8 Å². The van der Waals surface area contributed by atoms with E-state index < -0.39 is 54.1 Å². The van der Waals surface area contributed by atoms with E-state index in [1.54, 1.807) is 9.36 Å². The Kier molecular flexibility index (Phi) is 16.8. The minimum atomic E-state index is -3.53. The van der Waals surface area contributed by atoms with Gasteiger partial charge in [0.05, 0.1) is 73.9 Å². The maximum Gasteiger partial charge on any atom is 0.257 e. The average Bonchev–Trinajstić information content (AvgIpc) is 4.19. The fraction of sp³-hybridized carbons (Fsp3) is 0.585. The van der Waals surface area contributed by atoms with E-state index in [4.69, 9.17) is 29.1 Å². The van der Waals surface area contributed by atoms with E-state index in [9.17, 15) is 36.0 Å². The first-order valence-electron chi connectivity index (χ1n) is 25.8.